The first-order valence-corrected chi connectivity index (χ1v) is 14.8. The molecule has 0 aromatic heterocycles. The molecule has 0 aliphatic heterocycles. The molecule has 2 atom stereocenters. The number of carbonyl (C=O) groups is 1. The average Bonchev–Trinajstić information content (AvgIpc) is 2.86. The number of esters is 1. The molecule has 0 unspecified atom stereocenters. The summed E-state index contributed by atoms with van der Waals surface area (Å²) in [4.78, 5) is 13.3. The maximum absolute atomic E-state index is 13.3. The maximum atomic E-state index is 13.3. The van der Waals surface area contributed by atoms with Crippen LogP contribution in [0.2, 0.25) is 18.1 Å². The van der Waals surface area contributed by atoms with Gasteiger partial charge in [-0.05, 0) is 36.3 Å². The Morgan fingerprint density at radius 3 is 2.05 bits per heavy atom. The fraction of sp³-hybridized carbons (Fsp3) is 0.519. The molecule has 0 spiro atoms. The first kappa shape index (κ1) is 30.3. The number of hydrogen-bond acceptors (Lipinski definition) is 9. The summed E-state index contributed by atoms with van der Waals surface area (Å²) >= 11 is 0. The van der Waals surface area contributed by atoms with E-state index in [2.05, 4.69) is 33.9 Å². The molecule has 0 amide bonds. The molecule has 2 aromatic rings. The predicted octanol–water partition coefficient (Wildman–Crippen LogP) is 5.07. The van der Waals surface area contributed by atoms with E-state index in [0.717, 1.165) is 0 Å². The van der Waals surface area contributed by atoms with Crippen molar-refractivity contribution in [2.75, 3.05) is 42.3 Å². The van der Waals surface area contributed by atoms with Crippen LogP contribution in [0.25, 0.3) is 0 Å². The quantitative estimate of drug-likeness (QED) is 0.226. The molecule has 0 fully saturated rings. The van der Waals surface area contributed by atoms with E-state index in [0.29, 0.717) is 39.9 Å². The number of hydrogen-bond donors (Lipinski definition) is 1. The van der Waals surface area contributed by atoms with Crippen molar-refractivity contribution in [3.8, 4) is 28.7 Å². The van der Waals surface area contributed by atoms with Gasteiger partial charge in [0.15, 0.2) is 18.3 Å². The topological polar surface area (TPSA) is 102 Å². The molecule has 0 bridgehead atoms. The first-order valence-electron chi connectivity index (χ1n) is 11.9. The van der Waals surface area contributed by atoms with Gasteiger partial charge in [0.2, 0.25) is 5.75 Å². The summed E-state index contributed by atoms with van der Waals surface area (Å²) in [6, 6.07) is 8.29. The van der Waals surface area contributed by atoms with Gasteiger partial charge in [-0.1, -0.05) is 26.8 Å². The highest BCUT2D eigenvalue weighted by molar-refractivity contribution is 6.74. The zero-order valence-corrected chi connectivity index (χ0v) is 24.5. The molecule has 9 nitrogen and oxygen atoms in total. The van der Waals surface area contributed by atoms with Crippen LogP contribution in [0.15, 0.2) is 30.3 Å². The number of aliphatic hydroxyl groups excluding tert-OH is 1. The van der Waals surface area contributed by atoms with Crippen LogP contribution in [0.3, 0.4) is 0 Å². The fourth-order valence-electron chi connectivity index (χ4n) is 3.54. The zero-order valence-electron chi connectivity index (χ0n) is 23.5. The SMILES string of the molecule is COCOc1cc(OC)ccc1[C@@H](O)[C@@H](C(=O)OC)c1ccc(OC)c(OC)c1O[Si](C)(C)C(C)(C)C. The second kappa shape index (κ2) is 12.5. The Hall–Kier alpha value is -2.95. The summed E-state index contributed by atoms with van der Waals surface area (Å²) in [7, 11) is 4.88. The van der Waals surface area contributed by atoms with Crippen molar-refractivity contribution in [2.45, 2.75) is 50.9 Å². The lowest BCUT2D eigenvalue weighted by atomic mass is 9.87. The molecule has 0 aliphatic rings. The standard InChI is InChI=1S/C27H40O9Si/c1-27(2,3)37(9,10)36-24-19(13-14-20(32-6)25(24)33-7)22(26(29)34-8)23(28)18-12-11-17(31-5)15-21(18)35-16-30-4/h11-15,22-23,28H,16H2,1-10H3/t22-,23+/m0/s1. The van der Waals surface area contributed by atoms with E-state index in [1.165, 1.54) is 35.5 Å². The highest BCUT2D eigenvalue weighted by Gasteiger charge is 2.43. The minimum absolute atomic E-state index is 0.0636. The lowest BCUT2D eigenvalue weighted by Gasteiger charge is -2.38. The van der Waals surface area contributed by atoms with Gasteiger partial charge in [0.1, 0.15) is 23.5 Å². The summed E-state index contributed by atoms with van der Waals surface area (Å²) in [5.74, 6) is 0.0785. The third-order valence-corrected chi connectivity index (χ3v) is 11.0. The Bertz CT molecular complexity index is 1060. The Balaban J connectivity index is 2.79. The molecular weight excluding hydrogens is 496 g/mol. The van der Waals surface area contributed by atoms with Crippen molar-refractivity contribution in [1.82, 2.24) is 0 Å². The van der Waals surface area contributed by atoms with Crippen molar-refractivity contribution in [3.63, 3.8) is 0 Å². The Morgan fingerprint density at radius 2 is 1.54 bits per heavy atom. The summed E-state index contributed by atoms with van der Waals surface area (Å²) in [6.45, 7) is 10.4. The van der Waals surface area contributed by atoms with Gasteiger partial charge in [0.25, 0.3) is 8.32 Å². The molecule has 2 aromatic carbocycles. The van der Waals surface area contributed by atoms with Crippen LogP contribution in [0.5, 0.6) is 28.7 Å². The monoisotopic (exact) mass is 536 g/mol. The second-order valence-corrected chi connectivity index (χ2v) is 14.7. The molecule has 0 saturated carbocycles. The minimum atomic E-state index is -2.43. The normalized spacial score (nSPS) is 13.4. The smallest absolute Gasteiger partial charge is 0.316 e. The van der Waals surface area contributed by atoms with E-state index in [9.17, 15) is 9.90 Å². The molecule has 0 radical (unpaired) electrons. The van der Waals surface area contributed by atoms with Gasteiger partial charge in [0.05, 0.1) is 28.4 Å². The van der Waals surface area contributed by atoms with Crippen molar-refractivity contribution in [3.05, 3.63) is 41.5 Å². The van der Waals surface area contributed by atoms with E-state index in [1.807, 2.05) is 0 Å². The molecule has 1 N–H and O–H groups in total. The summed E-state index contributed by atoms with van der Waals surface area (Å²) in [6.07, 6.45) is -1.37. The van der Waals surface area contributed by atoms with Gasteiger partial charge >= 0.3 is 5.97 Å². The minimum Gasteiger partial charge on any atom is -0.541 e. The van der Waals surface area contributed by atoms with E-state index in [1.54, 1.807) is 30.3 Å². The van der Waals surface area contributed by atoms with Crippen LogP contribution in [-0.4, -0.2) is 61.7 Å². The summed E-state index contributed by atoms with van der Waals surface area (Å²) in [5.41, 5.74) is 0.747. The predicted molar refractivity (Wildman–Crippen MR) is 143 cm³/mol. The Morgan fingerprint density at radius 1 is 0.892 bits per heavy atom. The maximum Gasteiger partial charge on any atom is 0.316 e. The van der Waals surface area contributed by atoms with Crippen LogP contribution in [-0.2, 0) is 14.3 Å². The van der Waals surface area contributed by atoms with E-state index >= 15 is 0 Å². The molecular formula is C27H40O9Si. The number of methoxy groups -OCH3 is 5. The van der Waals surface area contributed by atoms with Crippen LogP contribution in [0, 0.1) is 0 Å². The zero-order chi connectivity index (χ0) is 28.0. The number of ether oxygens (including phenoxy) is 6. The van der Waals surface area contributed by atoms with Crippen LogP contribution < -0.4 is 23.4 Å². The van der Waals surface area contributed by atoms with Crippen LogP contribution in [0.1, 0.15) is 43.9 Å². The molecule has 0 heterocycles. The summed E-state index contributed by atoms with van der Waals surface area (Å²) < 4.78 is 39.1. The van der Waals surface area contributed by atoms with Crippen molar-refractivity contribution >= 4 is 14.3 Å². The van der Waals surface area contributed by atoms with Crippen LogP contribution in [0.4, 0.5) is 0 Å². The van der Waals surface area contributed by atoms with E-state index in [4.69, 9.17) is 32.8 Å². The lowest BCUT2D eigenvalue weighted by molar-refractivity contribution is -0.145. The molecule has 10 heteroatoms. The highest BCUT2D eigenvalue weighted by Crippen LogP contribution is 2.50. The summed E-state index contributed by atoms with van der Waals surface area (Å²) in [5, 5.41) is 11.5. The van der Waals surface area contributed by atoms with E-state index < -0.39 is 26.3 Å². The molecule has 2 rings (SSSR count). The Labute approximate surface area is 220 Å². The molecule has 0 aliphatic carbocycles. The molecule has 37 heavy (non-hydrogen) atoms. The van der Waals surface area contributed by atoms with Gasteiger partial charge in [0, 0.05) is 24.3 Å². The second-order valence-electron chi connectivity index (χ2n) is 9.98. The van der Waals surface area contributed by atoms with Gasteiger partial charge < -0.3 is 38.0 Å². The first-order chi connectivity index (χ1) is 17.4. The van der Waals surface area contributed by atoms with Gasteiger partial charge in [-0.25, -0.2) is 0 Å². The third kappa shape index (κ3) is 6.68. The number of aliphatic hydroxyl groups is 1. The highest BCUT2D eigenvalue weighted by atomic mass is 28.4. The van der Waals surface area contributed by atoms with Gasteiger partial charge in [-0.3, -0.25) is 4.79 Å². The average molecular weight is 537 g/mol. The lowest BCUT2D eigenvalue weighted by Crippen LogP contribution is -2.44. The fourth-order valence-corrected chi connectivity index (χ4v) is 4.57. The largest absolute Gasteiger partial charge is 0.541 e. The number of carbonyl (C=O) groups excluding carboxylic acids is 1. The third-order valence-electron chi connectivity index (χ3n) is 6.67. The van der Waals surface area contributed by atoms with Gasteiger partial charge in [-0.15, -0.1) is 0 Å². The van der Waals surface area contributed by atoms with Crippen molar-refractivity contribution in [1.29, 1.82) is 0 Å². The van der Waals surface area contributed by atoms with Crippen LogP contribution >= 0.6 is 0 Å². The van der Waals surface area contributed by atoms with Crippen molar-refractivity contribution < 1.29 is 42.7 Å². The number of benzene rings is 2. The van der Waals surface area contributed by atoms with Crippen molar-refractivity contribution in [2.24, 2.45) is 0 Å². The Kier molecular flexibility index (Phi) is 10.3. The van der Waals surface area contributed by atoms with E-state index in [-0.39, 0.29) is 11.8 Å². The number of rotatable bonds is 12. The molecule has 206 valence electrons. The molecule has 0 saturated heterocycles. The van der Waals surface area contributed by atoms with Gasteiger partial charge in [-0.2, -0.15) is 0 Å².